The van der Waals surface area contributed by atoms with Crippen LogP contribution in [0.5, 0.6) is 0 Å². The van der Waals surface area contributed by atoms with Crippen LogP contribution < -0.4 is 5.32 Å². The average Bonchev–Trinajstić information content (AvgIpc) is 2.35. The summed E-state index contributed by atoms with van der Waals surface area (Å²) in [5.74, 6) is 0.121. The number of aliphatic hydroxyl groups excluding tert-OH is 1. The summed E-state index contributed by atoms with van der Waals surface area (Å²) in [5, 5.41) is 11.8. The molecule has 0 aliphatic rings. The molecule has 17 heavy (non-hydrogen) atoms. The molecule has 0 bridgehead atoms. The van der Waals surface area contributed by atoms with Crippen molar-refractivity contribution in [3.63, 3.8) is 0 Å². The molecule has 1 aromatic carbocycles. The normalized spacial score (nSPS) is 11.4. The maximum atomic E-state index is 11.6. The van der Waals surface area contributed by atoms with Gasteiger partial charge < -0.3 is 10.4 Å². The molecule has 0 fully saturated rings. The van der Waals surface area contributed by atoms with Crippen LogP contribution in [0.15, 0.2) is 29.2 Å². The van der Waals surface area contributed by atoms with Gasteiger partial charge in [-0.1, -0.05) is 6.92 Å². The molecule has 0 atom stereocenters. The summed E-state index contributed by atoms with van der Waals surface area (Å²) in [6.45, 7) is 2.62. The molecular formula is C12H19NO3S. The van der Waals surface area contributed by atoms with E-state index in [2.05, 4.69) is 5.32 Å². The lowest BCUT2D eigenvalue weighted by Gasteiger charge is -2.07. The van der Waals surface area contributed by atoms with Gasteiger partial charge in [-0.25, -0.2) is 8.42 Å². The van der Waals surface area contributed by atoms with Crippen molar-refractivity contribution in [2.75, 3.05) is 24.2 Å². The van der Waals surface area contributed by atoms with Crippen LogP contribution >= 0.6 is 0 Å². The monoisotopic (exact) mass is 257 g/mol. The van der Waals surface area contributed by atoms with Crippen LogP contribution in [0.25, 0.3) is 0 Å². The Labute approximate surface area is 103 Å². The molecule has 0 unspecified atom stereocenters. The molecule has 0 saturated carbocycles. The second kappa shape index (κ2) is 6.61. The fourth-order valence-electron chi connectivity index (χ4n) is 1.42. The zero-order valence-electron chi connectivity index (χ0n) is 10.0. The van der Waals surface area contributed by atoms with E-state index < -0.39 is 9.84 Å². The Morgan fingerprint density at radius 2 is 1.82 bits per heavy atom. The van der Waals surface area contributed by atoms with Gasteiger partial charge in [0.05, 0.1) is 10.6 Å². The largest absolute Gasteiger partial charge is 0.396 e. The Morgan fingerprint density at radius 3 is 2.35 bits per heavy atom. The second-order valence-electron chi connectivity index (χ2n) is 3.79. The predicted molar refractivity (Wildman–Crippen MR) is 69.0 cm³/mol. The molecule has 1 aromatic rings. The van der Waals surface area contributed by atoms with Gasteiger partial charge in [0.1, 0.15) is 0 Å². The maximum absolute atomic E-state index is 11.6. The van der Waals surface area contributed by atoms with E-state index in [0.29, 0.717) is 4.90 Å². The van der Waals surface area contributed by atoms with E-state index >= 15 is 0 Å². The van der Waals surface area contributed by atoms with Gasteiger partial charge in [0.25, 0.3) is 0 Å². The number of unbranched alkanes of at least 4 members (excludes halogenated alkanes) is 1. The Balaban J connectivity index is 2.57. The number of anilines is 1. The third-order valence-electron chi connectivity index (χ3n) is 2.51. The minimum absolute atomic E-state index is 0.121. The van der Waals surface area contributed by atoms with Crippen LogP contribution in [0.4, 0.5) is 5.69 Å². The standard InChI is InChI=1S/C12H19NO3S/c1-2-17(15,16)12-7-5-11(6-8-12)13-9-3-4-10-14/h5-8,13-14H,2-4,9-10H2,1H3. The molecule has 0 aliphatic carbocycles. The summed E-state index contributed by atoms with van der Waals surface area (Å²) < 4.78 is 23.1. The van der Waals surface area contributed by atoms with Gasteiger partial charge in [-0.3, -0.25) is 0 Å². The van der Waals surface area contributed by atoms with Gasteiger partial charge >= 0.3 is 0 Å². The van der Waals surface area contributed by atoms with Crippen LogP contribution in [0.3, 0.4) is 0 Å². The number of sulfone groups is 1. The smallest absolute Gasteiger partial charge is 0.178 e. The van der Waals surface area contributed by atoms with E-state index in [0.717, 1.165) is 25.1 Å². The Kier molecular flexibility index (Phi) is 5.44. The third kappa shape index (κ3) is 4.36. The van der Waals surface area contributed by atoms with Crippen LogP contribution in [0.2, 0.25) is 0 Å². The molecule has 0 heterocycles. The van der Waals surface area contributed by atoms with Crippen LogP contribution in [0, 0.1) is 0 Å². The molecule has 2 N–H and O–H groups in total. The highest BCUT2D eigenvalue weighted by Crippen LogP contribution is 2.15. The van der Waals surface area contributed by atoms with E-state index in [1.807, 2.05) is 0 Å². The molecule has 96 valence electrons. The molecule has 0 amide bonds. The molecule has 0 aromatic heterocycles. The van der Waals surface area contributed by atoms with Crippen molar-refractivity contribution >= 4 is 15.5 Å². The van der Waals surface area contributed by atoms with Gasteiger partial charge in [0.2, 0.25) is 0 Å². The highest BCUT2D eigenvalue weighted by molar-refractivity contribution is 7.91. The number of aliphatic hydroxyl groups is 1. The fraction of sp³-hybridized carbons (Fsp3) is 0.500. The average molecular weight is 257 g/mol. The highest BCUT2D eigenvalue weighted by atomic mass is 32.2. The second-order valence-corrected chi connectivity index (χ2v) is 6.06. The van der Waals surface area contributed by atoms with Crippen molar-refractivity contribution in [3.05, 3.63) is 24.3 Å². The number of hydrogen-bond acceptors (Lipinski definition) is 4. The fourth-order valence-corrected chi connectivity index (χ4v) is 2.30. The molecular weight excluding hydrogens is 238 g/mol. The quantitative estimate of drug-likeness (QED) is 0.729. The van der Waals surface area contributed by atoms with Gasteiger partial charge in [-0.15, -0.1) is 0 Å². The molecule has 1 rings (SSSR count). The summed E-state index contributed by atoms with van der Waals surface area (Å²) in [6, 6.07) is 6.77. The lowest BCUT2D eigenvalue weighted by atomic mass is 10.3. The Morgan fingerprint density at radius 1 is 1.18 bits per heavy atom. The maximum Gasteiger partial charge on any atom is 0.178 e. The van der Waals surface area contributed by atoms with Gasteiger partial charge in [0.15, 0.2) is 9.84 Å². The first kappa shape index (κ1) is 14.0. The minimum Gasteiger partial charge on any atom is -0.396 e. The van der Waals surface area contributed by atoms with E-state index in [4.69, 9.17) is 5.11 Å². The van der Waals surface area contributed by atoms with Crippen LogP contribution in [-0.2, 0) is 9.84 Å². The Bertz CT molecular complexity index is 426. The highest BCUT2D eigenvalue weighted by Gasteiger charge is 2.10. The number of benzene rings is 1. The van der Waals surface area contributed by atoms with Crippen molar-refractivity contribution in [3.8, 4) is 0 Å². The summed E-state index contributed by atoms with van der Waals surface area (Å²) in [7, 11) is -3.10. The van der Waals surface area contributed by atoms with Crippen molar-refractivity contribution in [2.45, 2.75) is 24.7 Å². The van der Waals surface area contributed by atoms with Gasteiger partial charge in [-0.2, -0.15) is 0 Å². The van der Waals surface area contributed by atoms with Crippen LogP contribution in [0.1, 0.15) is 19.8 Å². The molecule has 5 heteroatoms. The number of rotatable bonds is 7. The molecule has 0 aliphatic heterocycles. The minimum atomic E-state index is -3.10. The predicted octanol–water partition coefficient (Wildman–Crippen LogP) is 1.66. The van der Waals surface area contributed by atoms with E-state index in [1.54, 1.807) is 31.2 Å². The molecule has 4 nitrogen and oxygen atoms in total. The van der Waals surface area contributed by atoms with Crippen molar-refractivity contribution in [2.24, 2.45) is 0 Å². The topological polar surface area (TPSA) is 66.4 Å². The Hall–Kier alpha value is -1.07. The first-order valence-electron chi connectivity index (χ1n) is 5.77. The zero-order chi connectivity index (χ0) is 12.7. The molecule has 0 radical (unpaired) electrons. The first-order valence-corrected chi connectivity index (χ1v) is 7.43. The summed E-state index contributed by atoms with van der Waals surface area (Å²) in [5.41, 5.74) is 0.901. The number of nitrogens with one attached hydrogen (secondary N) is 1. The lowest BCUT2D eigenvalue weighted by molar-refractivity contribution is 0.286. The summed E-state index contributed by atoms with van der Waals surface area (Å²) in [6.07, 6.45) is 1.67. The van der Waals surface area contributed by atoms with E-state index in [9.17, 15) is 8.42 Å². The van der Waals surface area contributed by atoms with Crippen molar-refractivity contribution in [1.29, 1.82) is 0 Å². The first-order chi connectivity index (χ1) is 8.10. The lowest BCUT2D eigenvalue weighted by Crippen LogP contribution is -2.05. The van der Waals surface area contributed by atoms with Gasteiger partial charge in [0, 0.05) is 18.8 Å². The molecule has 0 spiro atoms. The summed E-state index contributed by atoms with van der Waals surface area (Å²) in [4.78, 5) is 0.362. The number of hydrogen-bond donors (Lipinski definition) is 2. The zero-order valence-corrected chi connectivity index (χ0v) is 10.8. The van der Waals surface area contributed by atoms with Crippen molar-refractivity contribution in [1.82, 2.24) is 0 Å². The third-order valence-corrected chi connectivity index (χ3v) is 4.26. The SMILES string of the molecule is CCS(=O)(=O)c1ccc(NCCCCO)cc1. The van der Waals surface area contributed by atoms with Crippen molar-refractivity contribution < 1.29 is 13.5 Å². The molecule has 0 saturated heterocycles. The summed E-state index contributed by atoms with van der Waals surface area (Å²) >= 11 is 0. The van der Waals surface area contributed by atoms with E-state index in [-0.39, 0.29) is 12.4 Å². The van der Waals surface area contributed by atoms with Crippen LogP contribution in [-0.4, -0.2) is 32.4 Å². The van der Waals surface area contributed by atoms with Gasteiger partial charge in [-0.05, 0) is 37.1 Å². The van der Waals surface area contributed by atoms with E-state index in [1.165, 1.54) is 0 Å².